The van der Waals surface area contributed by atoms with Gasteiger partial charge in [0.05, 0.1) is 4.91 Å². The van der Waals surface area contributed by atoms with Crippen LogP contribution in [0.15, 0.2) is 29.2 Å². The Labute approximate surface area is 175 Å². The summed E-state index contributed by atoms with van der Waals surface area (Å²) >= 11 is 6.28. The normalized spacial score (nSPS) is 21.2. The molecule has 2 saturated heterocycles. The first kappa shape index (κ1) is 20.9. The molecule has 1 unspecified atom stereocenters. The third kappa shape index (κ3) is 5.14. The number of benzene rings is 1. The van der Waals surface area contributed by atoms with E-state index in [1.165, 1.54) is 37.8 Å². The summed E-state index contributed by atoms with van der Waals surface area (Å²) in [5.74, 6) is -0.612. The first-order valence-corrected chi connectivity index (χ1v) is 11.0. The summed E-state index contributed by atoms with van der Waals surface area (Å²) in [6.07, 6.45) is 8.28. The molecule has 2 aliphatic heterocycles. The fourth-order valence-electron chi connectivity index (χ4n) is 3.69. The van der Waals surface area contributed by atoms with Crippen molar-refractivity contribution >= 4 is 51.9 Å². The van der Waals surface area contributed by atoms with Gasteiger partial charge in [0, 0.05) is 18.8 Å². The molecular weight excluding hydrogens is 392 g/mol. The van der Waals surface area contributed by atoms with E-state index >= 15 is 0 Å². The lowest BCUT2D eigenvalue weighted by Crippen LogP contribution is -2.33. The Kier molecular flexibility index (Phi) is 7.13. The van der Waals surface area contributed by atoms with Crippen LogP contribution in [0.2, 0.25) is 0 Å². The van der Waals surface area contributed by atoms with Gasteiger partial charge in [0.2, 0.25) is 0 Å². The number of aliphatic carboxylic acids is 1. The van der Waals surface area contributed by atoms with Crippen LogP contribution in [0.3, 0.4) is 0 Å². The number of hydrogen-bond donors (Lipinski definition) is 1. The Hall–Kier alpha value is -1.86. The molecule has 0 spiro atoms. The molecule has 7 heteroatoms. The van der Waals surface area contributed by atoms with Crippen molar-refractivity contribution in [3.8, 4) is 0 Å². The van der Waals surface area contributed by atoms with Crippen molar-refractivity contribution in [1.82, 2.24) is 4.90 Å². The van der Waals surface area contributed by atoms with E-state index in [1.807, 2.05) is 12.1 Å². The van der Waals surface area contributed by atoms with Crippen molar-refractivity contribution in [1.29, 1.82) is 0 Å². The van der Waals surface area contributed by atoms with E-state index in [4.69, 9.17) is 17.3 Å². The summed E-state index contributed by atoms with van der Waals surface area (Å²) in [4.78, 5) is 27.3. The highest BCUT2D eigenvalue weighted by Crippen LogP contribution is 2.33. The first-order valence-electron chi connectivity index (χ1n) is 9.80. The quantitative estimate of drug-likeness (QED) is 0.384. The Morgan fingerprint density at radius 3 is 2.75 bits per heavy atom. The van der Waals surface area contributed by atoms with Crippen LogP contribution >= 0.6 is 24.0 Å². The number of anilines is 1. The first-order chi connectivity index (χ1) is 13.5. The molecule has 28 heavy (non-hydrogen) atoms. The summed E-state index contributed by atoms with van der Waals surface area (Å²) in [5, 5.41) is 8.91. The zero-order valence-corrected chi connectivity index (χ0v) is 17.7. The topological polar surface area (TPSA) is 60.9 Å². The van der Waals surface area contributed by atoms with Crippen LogP contribution in [0, 0.1) is 5.92 Å². The van der Waals surface area contributed by atoms with Gasteiger partial charge in [0.25, 0.3) is 5.91 Å². The van der Waals surface area contributed by atoms with E-state index in [2.05, 4.69) is 24.0 Å². The average molecular weight is 419 g/mol. The number of hydrogen-bond acceptors (Lipinski definition) is 5. The predicted molar refractivity (Wildman–Crippen MR) is 118 cm³/mol. The molecule has 1 N–H and O–H groups in total. The van der Waals surface area contributed by atoms with Crippen molar-refractivity contribution in [2.75, 3.05) is 24.5 Å². The molecule has 0 saturated carbocycles. The number of unbranched alkanes of at least 4 members (excludes halogenated alkanes) is 2. The molecule has 2 heterocycles. The summed E-state index contributed by atoms with van der Waals surface area (Å²) in [6, 6.07) is 8.20. The number of amides is 1. The number of carbonyl (C=O) groups excluding carboxylic acids is 1. The van der Waals surface area contributed by atoms with E-state index in [1.54, 1.807) is 6.08 Å². The van der Waals surface area contributed by atoms with Gasteiger partial charge >= 0.3 is 5.97 Å². The molecule has 1 atom stereocenters. The number of carbonyl (C=O) groups is 2. The number of carboxylic acid groups (broad SMARTS) is 1. The number of rotatable bonds is 8. The molecule has 2 aliphatic rings. The lowest BCUT2D eigenvalue weighted by molar-refractivity contribution is -0.140. The monoisotopic (exact) mass is 418 g/mol. The average Bonchev–Trinajstić information content (AvgIpc) is 3.23. The second-order valence-electron chi connectivity index (χ2n) is 7.35. The second kappa shape index (κ2) is 9.56. The zero-order valence-electron chi connectivity index (χ0n) is 16.1. The third-order valence-corrected chi connectivity index (χ3v) is 6.60. The van der Waals surface area contributed by atoms with E-state index in [-0.39, 0.29) is 5.91 Å². The minimum absolute atomic E-state index is 0.293. The van der Waals surface area contributed by atoms with Gasteiger partial charge in [-0.1, -0.05) is 62.3 Å². The van der Waals surface area contributed by atoms with Gasteiger partial charge in [-0.3, -0.25) is 14.5 Å². The zero-order chi connectivity index (χ0) is 20.1. The molecule has 5 nitrogen and oxygen atoms in total. The van der Waals surface area contributed by atoms with E-state index in [0.29, 0.717) is 9.23 Å². The summed E-state index contributed by atoms with van der Waals surface area (Å²) < 4.78 is 0.293. The molecule has 1 aromatic rings. The molecule has 1 aromatic carbocycles. The maximum atomic E-state index is 12.4. The van der Waals surface area contributed by atoms with Crippen molar-refractivity contribution in [2.24, 2.45) is 5.92 Å². The smallest absolute Gasteiger partial charge is 0.323 e. The van der Waals surface area contributed by atoms with Crippen molar-refractivity contribution in [3.63, 3.8) is 0 Å². The highest BCUT2D eigenvalue weighted by atomic mass is 32.2. The Bertz CT molecular complexity index is 776. The number of nitrogens with zero attached hydrogens (tertiary/aromatic N) is 2. The minimum Gasteiger partial charge on any atom is -0.480 e. The molecular formula is C21H26N2O3S2. The predicted octanol–water partition coefficient (Wildman–Crippen LogP) is 4.38. The van der Waals surface area contributed by atoms with Gasteiger partial charge in [-0.25, -0.2) is 0 Å². The second-order valence-corrected chi connectivity index (χ2v) is 9.03. The van der Waals surface area contributed by atoms with Gasteiger partial charge in [-0.2, -0.15) is 0 Å². The van der Waals surface area contributed by atoms with Crippen molar-refractivity contribution < 1.29 is 14.7 Å². The molecule has 0 aromatic heterocycles. The maximum absolute atomic E-state index is 12.4. The Morgan fingerprint density at radius 1 is 1.32 bits per heavy atom. The van der Waals surface area contributed by atoms with Crippen LogP contribution in [-0.2, 0) is 9.59 Å². The van der Waals surface area contributed by atoms with Gasteiger partial charge < -0.3 is 10.0 Å². The van der Waals surface area contributed by atoms with Gasteiger partial charge in [0.15, 0.2) is 0 Å². The van der Waals surface area contributed by atoms with Crippen LogP contribution in [0.4, 0.5) is 5.69 Å². The van der Waals surface area contributed by atoms with E-state index < -0.39 is 12.5 Å². The molecule has 2 fully saturated rings. The standard InChI is InChI=1S/C21H26N2O3S2/c1-2-3-4-5-16-10-11-22(13-16)17-8-6-15(7-9-17)12-18-20(26)23(14-19(24)25)21(27)28-18/h6-9,12,16H,2-5,10-11,13-14H2,1H3,(H,24,25). The van der Waals surface area contributed by atoms with E-state index in [9.17, 15) is 9.59 Å². The van der Waals surface area contributed by atoms with Gasteiger partial charge in [-0.15, -0.1) is 0 Å². The number of thiocarbonyl (C=S) groups is 1. The van der Waals surface area contributed by atoms with Crippen LogP contribution in [0.1, 0.15) is 44.6 Å². The number of thioether (sulfide) groups is 1. The molecule has 0 bridgehead atoms. The fraction of sp³-hybridized carbons (Fsp3) is 0.476. The van der Waals surface area contributed by atoms with E-state index in [0.717, 1.165) is 41.2 Å². The highest BCUT2D eigenvalue weighted by molar-refractivity contribution is 8.26. The molecule has 0 radical (unpaired) electrons. The largest absolute Gasteiger partial charge is 0.480 e. The summed E-state index contributed by atoms with van der Waals surface area (Å²) in [5.41, 5.74) is 2.13. The van der Waals surface area contributed by atoms with Crippen LogP contribution in [0.25, 0.3) is 6.08 Å². The van der Waals surface area contributed by atoms with Crippen LogP contribution < -0.4 is 4.90 Å². The van der Waals surface area contributed by atoms with Crippen molar-refractivity contribution in [3.05, 3.63) is 34.7 Å². The third-order valence-electron chi connectivity index (χ3n) is 5.22. The SMILES string of the molecule is CCCCCC1CCN(c2ccc(C=C3SC(=S)N(CC(=O)O)C3=O)cc2)C1. The number of carboxylic acids is 1. The molecule has 0 aliphatic carbocycles. The molecule has 1 amide bonds. The Morgan fingerprint density at radius 2 is 2.07 bits per heavy atom. The fourth-order valence-corrected chi connectivity index (χ4v) is 4.95. The lowest BCUT2D eigenvalue weighted by atomic mass is 10.0. The maximum Gasteiger partial charge on any atom is 0.323 e. The Balaban J connectivity index is 1.61. The summed E-state index contributed by atoms with van der Waals surface area (Å²) in [6.45, 7) is 4.07. The molecule has 3 rings (SSSR count). The lowest BCUT2D eigenvalue weighted by Gasteiger charge is -2.19. The molecule has 150 valence electrons. The van der Waals surface area contributed by atoms with Crippen molar-refractivity contribution in [2.45, 2.75) is 39.0 Å². The van der Waals surface area contributed by atoms with Crippen LogP contribution in [-0.4, -0.2) is 45.8 Å². The highest BCUT2D eigenvalue weighted by Gasteiger charge is 2.33. The van der Waals surface area contributed by atoms with Gasteiger partial charge in [-0.05, 0) is 42.5 Å². The summed E-state index contributed by atoms with van der Waals surface area (Å²) in [7, 11) is 0. The minimum atomic E-state index is -1.07. The van der Waals surface area contributed by atoms with Gasteiger partial charge in [0.1, 0.15) is 10.9 Å². The van der Waals surface area contributed by atoms with Crippen LogP contribution in [0.5, 0.6) is 0 Å².